The van der Waals surface area contributed by atoms with E-state index in [1.165, 1.54) is 0 Å². The first-order valence-electron chi connectivity index (χ1n) is 9.54. The molecule has 6 nitrogen and oxygen atoms in total. The van der Waals surface area contributed by atoms with E-state index in [9.17, 15) is 5.11 Å². The zero-order chi connectivity index (χ0) is 20.2. The van der Waals surface area contributed by atoms with Crippen LogP contribution >= 0.6 is 35.3 Å². The van der Waals surface area contributed by atoms with E-state index >= 15 is 0 Å². The van der Waals surface area contributed by atoms with E-state index in [4.69, 9.17) is 9.47 Å². The highest BCUT2D eigenvalue weighted by molar-refractivity contribution is 14.0. The van der Waals surface area contributed by atoms with Gasteiger partial charge in [0.2, 0.25) is 0 Å². The van der Waals surface area contributed by atoms with Gasteiger partial charge in [-0.05, 0) is 49.4 Å². The summed E-state index contributed by atoms with van der Waals surface area (Å²) < 4.78 is 10.6. The van der Waals surface area contributed by atoms with Gasteiger partial charge < -0.3 is 25.2 Å². The number of ether oxygens (including phenoxy) is 2. The van der Waals surface area contributed by atoms with Crippen molar-refractivity contribution < 1.29 is 14.6 Å². The summed E-state index contributed by atoms with van der Waals surface area (Å²) in [5, 5.41) is 19.3. The van der Waals surface area contributed by atoms with Gasteiger partial charge in [0.1, 0.15) is 11.4 Å². The number of aliphatic hydroxyl groups is 1. The number of nitrogens with zero attached hydrogens (tertiary/aromatic N) is 1. The van der Waals surface area contributed by atoms with Crippen molar-refractivity contribution in [2.45, 2.75) is 32.4 Å². The first-order valence-corrected chi connectivity index (χ1v) is 10.4. The summed E-state index contributed by atoms with van der Waals surface area (Å²) >= 11 is 1.54. The Hall–Kier alpha value is -1.36. The van der Waals surface area contributed by atoms with Gasteiger partial charge in [-0.2, -0.15) is 0 Å². The minimum Gasteiger partial charge on any atom is -0.497 e. The van der Waals surface area contributed by atoms with Crippen LogP contribution in [-0.4, -0.2) is 44.5 Å². The summed E-state index contributed by atoms with van der Waals surface area (Å²) in [6, 6.07) is 11.7. The molecule has 2 rings (SSSR count). The topological polar surface area (TPSA) is 75.1 Å². The van der Waals surface area contributed by atoms with Crippen LogP contribution in [0.15, 0.2) is 46.8 Å². The van der Waals surface area contributed by atoms with Crippen molar-refractivity contribution in [3.8, 4) is 5.75 Å². The molecule has 0 bridgehead atoms. The third-order valence-electron chi connectivity index (χ3n) is 4.19. The standard InChI is InChI=1S/C21H31N3O3S.HI/c1-4-27-13-6-12-22-20(23-15-17-8-10-18(26-3)11-9-17)24-16-21(2,25)19-7-5-14-28-19;/h5,7-11,14,25H,4,6,12-13,15-16H2,1-3H3,(H2,22,23,24);1H. The van der Waals surface area contributed by atoms with E-state index in [2.05, 4.69) is 15.6 Å². The number of benzene rings is 1. The van der Waals surface area contributed by atoms with Gasteiger partial charge in [-0.25, -0.2) is 4.99 Å². The Bertz CT molecular complexity index is 706. The quantitative estimate of drug-likeness (QED) is 0.178. The normalized spacial score (nSPS) is 13.3. The Morgan fingerprint density at radius 1 is 1.21 bits per heavy atom. The third kappa shape index (κ3) is 9.33. The number of guanidine groups is 1. The first kappa shape index (κ1) is 25.7. The maximum atomic E-state index is 10.7. The molecule has 0 aliphatic heterocycles. The maximum Gasteiger partial charge on any atom is 0.191 e. The van der Waals surface area contributed by atoms with E-state index in [-0.39, 0.29) is 24.0 Å². The van der Waals surface area contributed by atoms with Crippen LogP contribution < -0.4 is 15.4 Å². The number of nitrogens with one attached hydrogen (secondary N) is 2. The number of methoxy groups -OCH3 is 1. The van der Waals surface area contributed by atoms with E-state index < -0.39 is 5.60 Å². The van der Waals surface area contributed by atoms with Crippen LogP contribution in [0.25, 0.3) is 0 Å². The molecule has 0 saturated carbocycles. The van der Waals surface area contributed by atoms with Crippen LogP contribution in [0.2, 0.25) is 0 Å². The van der Waals surface area contributed by atoms with Crippen molar-refractivity contribution in [3.05, 3.63) is 52.2 Å². The lowest BCUT2D eigenvalue weighted by molar-refractivity contribution is 0.0655. The van der Waals surface area contributed by atoms with Gasteiger partial charge in [-0.1, -0.05) is 18.2 Å². The second-order valence-electron chi connectivity index (χ2n) is 6.59. The highest BCUT2D eigenvalue weighted by Gasteiger charge is 2.24. The lowest BCUT2D eigenvalue weighted by Crippen LogP contribution is -2.44. The van der Waals surface area contributed by atoms with Gasteiger partial charge in [-0.3, -0.25) is 0 Å². The van der Waals surface area contributed by atoms with E-state index in [1.807, 2.05) is 55.6 Å². The van der Waals surface area contributed by atoms with Crippen LogP contribution in [0.1, 0.15) is 30.7 Å². The Morgan fingerprint density at radius 2 is 1.97 bits per heavy atom. The fourth-order valence-corrected chi connectivity index (χ4v) is 3.32. The van der Waals surface area contributed by atoms with Crippen molar-refractivity contribution in [1.82, 2.24) is 10.6 Å². The molecule has 0 spiro atoms. The summed E-state index contributed by atoms with van der Waals surface area (Å²) in [5.41, 5.74) is 0.128. The molecule has 1 heterocycles. The lowest BCUT2D eigenvalue weighted by Gasteiger charge is -2.24. The first-order chi connectivity index (χ1) is 13.5. The minimum absolute atomic E-state index is 0. The molecule has 8 heteroatoms. The highest BCUT2D eigenvalue weighted by atomic mass is 127. The van der Waals surface area contributed by atoms with Gasteiger partial charge in [0.15, 0.2) is 5.96 Å². The Labute approximate surface area is 194 Å². The molecule has 0 radical (unpaired) electrons. The van der Waals surface area contributed by atoms with Crippen LogP contribution in [-0.2, 0) is 16.9 Å². The predicted molar refractivity (Wildman–Crippen MR) is 131 cm³/mol. The Morgan fingerprint density at radius 3 is 2.59 bits per heavy atom. The Kier molecular flexibility index (Phi) is 12.2. The van der Waals surface area contributed by atoms with E-state index in [0.29, 0.717) is 25.7 Å². The molecule has 2 aromatic rings. The van der Waals surface area contributed by atoms with Crippen molar-refractivity contribution in [1.29, 1.82) is 0 Å². The second kappa shape index (κ2) is 13.8. The largest absolute Gasteiger partial charge is 0.497 e. The summed E-state index contributed by atoms with van der Waals surface area (Å²) in [5.74, 6) is 1.50. The molecule has 0 aliphatic carbocycles. The minimum atomic E-state index is -0.956. The molecule has 0 amide bonds. The van der Waals surface area contributed by atoms with Crippen LogP contribution in [0.4, 0.5) is 0 Å². The maximum absolute atomic E-state index is 10.7. The highest BCUT2D eigenvalue weighted by Crippen LogP contribution is 2.24. The van der Waals surface area contributed by atoms with Gasteiger partial charge in [0.25, 0.3) is 0 Å². The van der Waals surface area contributed by atoms with Crippen molar-refractivity contribution in [2.24, 2.45) is 4.99 Å². The predicted octanol–water partition coefficient (Wildman–Crippen LogP) is 3.74. The fraction of sp³-hybridized carbons (Fsp3) is 0.476. The lowest BCUT2D eigenvalue weighted by atomic mass is 10.1. The molecule has 1 atom stereocenters. The zero-order valence-electron chi connectivity index (χ0n) is 17.3. The number of hydrogen-bond donors (Lipinski definition) is 3. The van der Waals surface area contributed by atoms with Crippen molar-refractivity contribution >= 4 is 41.3 Å². The number of rotatable bonds is 11. The number of halogens is 1. The average molecular weight is 533 g/mol. The monoisotopic (exact) mass is 533 g/mol. The third-order valence-corrected chi connectivity index (χ3v) is 5.32. The molecule has 1 unspecified atom stereocenters. The number of hydrogen-bond acceptors (Lipinski definition) is 5. The number of thiophene rings is 1. The molecule has 29 heavy (non-hydrogen) atoms. The van der Waals surface area contributed by atoms with Gasteiger partial charge in [0, 0.05) is 24.6 Å². The smallest absolute Gasteiger partial charge is 0.191 e. The van der Waals surface area contributed by atoms with E-state index in [1.54, 1.807) is 18.4 Å². The van der Waals surface area contributed by atoms with E-state index in [0.717, 1.165) is 35.8 Å². The van der Waals surface area contributed by atoms with Gasteiger partial charge in [0.05, 0.1) is 20.2 Å². The molecule has 1 aromatic heterocycles. The van der Waals surface area contributed by atoms with Crippen molar-refractivity contribution in [3.63, 3.8) is 0 Å². The summed E-state index contributed by atoms with van der Waals surface area (Å²) in [6.45, 7) is 6.88. The molecular weight excluding hydrogens is 501 g/mol. The number of aliphatic imine (C=N–C) groups is 1. The molecule has 3 N–H and O–H groups in total. The Balaban J connectivity index is 0.00000420. The van der Waals surface area contributed by atoms with Crippen LogP contribution in [0.5, 0.6) is 5.75 Å². The SMILES string of the molecule is CCOCCCNC(=NCc1ccc(OC)cc1)NCC(C)(O)c1cccs1.I. The molecule has 162 valence electrons. The molecule has 1 aromatic carbocycles. The van der Waals surface area contributed by atoms with Crippen molar-refractivity contribution in [2.75, 3.05) is 33.4 Å². The average Bonchev–Trinajstić information content (AvgIpc) is 3.25. The van der Waals surface area contributed by atoms with Crippen LogP contribution in [0.3, 0.4) is 0 Å². The van der Waals surface area contributed by atoms with Gasteiger partial charge >= 0.3 is 0 Å². The molecule has 0 aliphatic rings. The molecule has 0 fully saturated rings. The summed E-state index contributed by atoms with van der Waals surface area (Å²) in [7, 11) is 1.65. The summed E-state index contributed by atoms with van der Waals surface area (Å²) in [6.07, 6.45) is 0.887. The molecular formula is C21H32IN3O3S. The van der Waals surface area contributed by atoms with Crippen LogP contribution in [0, 0.1) is 0 Å². The molecule has 0 saturated heterocycles. The summed E-state index contributed by atoms with van der Waals surface area (Å²) in [4.78, 5) is 5.58. The second-order valence-corrected chi connectivity index (χ2v) is 7.54. The zero-order valence-corrected chi connectivity index (χ0v) is 20.5. The fourth-order valence-electron chi connectivity index (χ4n) is 2.53. The van der Waals surface area contributed by atoms with Gasteiger partial charge in [-0.15, -0.1) is 35.3 Å².